The smallest absolute Gasteiger partial charge is 0.270 e. The van der Waals surface area contributed by atoms with E-state index in [0.29, 0.717) is 23.1 Å². The molecule has 3 aromatic rings. The largest absolute Gasteiger partial charge is 0.329 e. The third-order valence-corrected chi connectivity index (χ3v) is 5.66. The fourth-order valence-corrected chi connectivity index (χ4v) is 3.81. The van der Waals surface area contributed by atoms with E-state index >= 15 is 0 Å². The van der Waals surface area contributed by atoms with Crippen LogP contribution in [0, 0.1) is 16.0 Å². The first-order chi connectivity index (χ1) is 16.9. The van der Waals surface area contributed by atoms with Crippen LogP contribution >= 0.6 is 11.6 Å². The summed E-state index contributed by atoms with van der Waals surface area (Å²) < 4.78 is 1.58. The summed E-state index contributed by atoms with van der Waals surface area (Å²) in [5.74, 6) is -0.396. The van der Waals surface area contributed by atoms with Crippen molar-refractivity contribution < 1.29 is 14.5 Å². The van der Waals surface area contributed by atoms with Gasteiger partial charge in [0.05, 0.1) is 21.3 Å². The van der Waals surface area contributed by atoms with E-state index in [1.165, 1.54) is 29.2 Å². The number of non-ortho nitro benzene ring substituents is 1. The van der Waals surface area contributed by atoms with E-state index < -0.39 is 16.7 Å². The molecule has 0 aliphatic heterocycles. The Kier molecular flexibility index (Phi) is 8.14. The normalized spacial score (nSPS) is 11.4. The topological polar surface area (TPSA) is 110 Å². The molecule has 36 heavy (non-hydrogen) atoms. The number of nitrogens with zero attached hydrogens (tertiary/aromatic N) is 4. The van der Waals surface area contributed by atoms with Crippen molar-refractivity contribution in [2.45, 2.75) is 40.0 Å². The number of halogens is 1. The van der Waals surface area contributed by atoms with Gasteiger partial charge in [0.15, 0.2) is 0 Å². The Bertz CT molecular complexity index is 1280. The number of hydrogen-bond donors (Lipinski definition) is 1. The molecule has 0 aliphatic rings. The van der Waals surface area contributed by atoms with Gasteiger partial charge in [0.2, 0.25) is 5.91 Å². The molecule has 0 fully saturated rings. The van der Waals surface area contributed by atoms with Gasteiger partial charge in [-0.2, -0.15) is 5.10 Å². The van der Waals surface area contributed by atoms with E-state index in [2.05, 4.69) is 10.4 Å². The molecule has 0 unspecified atom stereocenters. The van der Waals surface area contributed by atoms with Gasteiger partial charge in [-0.15, -0.1) is 0 Å². The lowest BCUT2D eigenvalue weighted by atomic mass is 9.92. The predicted molar refractivity (Wildman–Crippen MR) is 140 cm³/mol. The molecule has 0 atom stereocenters. The van der Waals surface area contributed by atoms with Crippen molar-refractivity contribution in [3.63, 3.8) is 0 Å². The van der Waals surface area contributed by atoms with Gasteiger partial charge in [-0.1, -0.05) is 64.4 Å². The monoisotopic (exact) mass is 511 g/mol. The van der Waals surface area contributed by atoms with Crippen LogP contribution < -0.4 is 5.32 Å². The third-order valence-electron chi connectivity index (χ3n) is 5.34. The molecule has 0 saturated carbocycles. The maximum Gasteiger partial charge on any atom is 0.270 e. The van der Waals surface area contributed by atoms with Crippen LogP contribution in [0.25, 0.3) is 5.69 Å². The molecular weight excluding hydrogens is 482 g/mol. The minimum atomic E-state index is -0.557. The Balaban J connectivity index is 1.90. The van der Waals surface area contributed by atoms with Crippen LogP contribution in [-0.4, -0.2) is 44.5 Å². The SMILES string of the molecule is CC(C)CN(CC(=O)Nc1cc(C(C)(C)C)nn1-c1ccccc1Cl)C(=O)c1cccc([N+](=O)[O-])c1. The summed E-state index contributed by atoms with van der Waals surface area (Å²) in [6.45, 7) is 9.95. The Morgan fingerprint density at radius 3 is 2.44 bits per heavy atom. The zero-order valence-corrected chi connectivity index (χ0v) is 21.7. The molecular formula is C26H30ClN5O4. The van der Waals surface area contributed by atoms with Gasteiger partial charge in [0.25, 0.3) is 11.6 Å². The van der Waals surface area contributed by atoms with E-state index in [0.717, 1.165) is 5.69 Å². The molecule has 1 N–H and O–H groups in total. The predicted octanol–water partition coefficient (Wildman–Crippen LogP) is 5.47. The summed E-state index contributed by atoms with van der Waals surface area (Å²) in [5, 5.41) is 19.2. The number of aromatic nitrogens is 2. The molecule has 190 valence electrons. The average Bonchev–Trinajstić information content (AvgIpc) is 3.22. The van der Waals surface area contributed by atoms with Gasteiger partial charge >= 0.3 is 0 Å². The van der Waals surface area contributed by atoms with Crippen LogP contribution in [0.2, 0.25) is 5.02 Å². The zero-order valence-electron chi connectivity index (χ0n) is 21.0. The van der Waals surface area contributed by atoms with Gasteiger partial charge in [0, 0.05) is 35.7 Å². The van der Waals surface area contributed by atoms with E-state index in [9.17, 15) is 19.7 Å². The second-order valence-electron chi connectivity index (χ2n) is 9.96. The van der Waals surface area contributed by atoms with Crippen molar-refractivity contribution in [1.82, 2.24) is 14.7 Å². The highest BCUT2D eigenvalue weighted by Gasteiger charge is 2.25. The number of benzene rings is 2. The first-order valence-electron chi connectivity index (χ1n) is 11.6. The van der Waals surface area contributed by atoms with Gasteiger partial charge in [0.1, 0.15) is 12.4 Å². The first-order valence-corrected chi connectivity index (χ1v) is 11.9. The van der Waals surface area contributed by atoms with Gasteiger partial charge in [-0.25, -0.2) is 4.68 Å². The molecule has 3 rings (SSSR count). The number of hydrogen-bond acceptors (Lipinski definition) is 5. The molecule has 0 spiro atoms. The lowest BCUT2D eigenvalue weighted by molar-refractivity contribution is -0.384. The summed E-state index contributed by atoms with van der Waals surface area (Å²) in [5.41, 5.74) is 1.04. The minimum absolute atomic E-state index is 0.0709. The fourth-order valence-electron chi connectivity index (χ4n) is 3.59. The summed E-state index contributed by atoms with van der Waals surface area (Å²) in [6, 6.07) is 14.5. The molecule has 2 amide bonds. The van der Waals surface area contributed by atoms with E-state index in [1.807, 2.05) is 46.8 Å². The van der Waals surface area contributed by atoms with Crippen LogP contribution in [-0.2, 0) is 10.2 Å². The zero-order chi connectivity index (χ0) is 26.6. The summed E-state index contributed by atoms with van der Waals surface area (Å²) in [4.78, 5) is 38.3. The number of carbonyl (C=O) groups is 2. The number of para-hydroxylation sites is 1. The molecule has 10 heteroatoms. The van der Waals surface area contributed by atoms with Gasteiger partial charge in [-0.3, -0.25) is 19.7 Å². The van der Waals surface area contributed by atoms with Crippen molar-refractivity contribution in [2.75, 3.05) is 18.4 Å². The standard InChI is InChI=1S/C26H30ClN5O4/c1-17(2)15-30(25(34)18-9-8-10-19(13-18)32(35)36)16-24(33)28-23-14-22(26(3,4)5)29-31(23)21-12-7-6-11-20(21)27/h6-14,17H,15-16H2,1-5H3,(H,28,33). The van der Waals surface area contributed by atoms with Crippen molar-refractivity contribution >= 4 is 34.9 Å². The molecule has 1 aromatic heterocycles. The van der Waals surface area contributed by atoms with Crippen LogP contribution in [0.1, 0.15) is 50.7 Å². The Morgan fingerprint density at radius 2 is 1.83 bits per heavy atom. The molecule has 2 aromatic carbocycles. The van der Waals surface area contributed by atoms with Crippen molar-refractivity contribution in [2.24, 2.45) is 5.92 Å². The van der Waals surface area contributed by atoms with Crippen LogP contribution in [0.3, 0.4) is 0 Å². The van der Waals surface area contributed by atoms with Gasteiger partial charge < -0.3 is 10.2 Å². The third kappa shape index (κ3) is 6.48. The molecule has 0 saturated heterocycles. The second kappa shape index (κ2) is 10.9. The maximum absolute atomic E-state index is 13.2. The first kappa shape index (κ1) is 26.9. The summed E-state index contributed by atoms with van der Waals surface area (Å²) >= 11 is 6.40. The van der Waals surface area contributed by atoms with E-state index in [1.54, 1.807) is 22.9 Å². The Labute approximate surface area is 215 Å². The Hall–Kier alpha value is -3.72. The maximum atomic E-state index is 13.2. The molecule has 1 heterocycles. The second-order valence-corrected chi connectivity index (χ2v) is 10.4. The van der Waals surface area contributed by atoms with E-state index in [4.69, 9.17) is 11.6 Å². The Morgan fingerprint density at radius 1 is 1.14 bits per heavy atom. The number of nitrogens with one attached hydrogen (secondary N) is 1. The van der Waals surface area contributed by atoms with Crippen LogP contribution in [0.5, 0.6) is 0 Å². The average molecular weight is 512 g/mol. The fraction of sp³-hybridized carbons (Fsp3) is 0.346. The lowest BCUT2D eigenvalue weighted by Crippen LogP contribution is -2.40. The van der Waals surface area contributed by atoms with E-state index in [-0.39, 0.29) is 29.1 Å². The van der Waals surface area contributed by atoms with Gasteiger partial charge in [-0.05, 0) is 24.1 Å². The highest BCUT2D eigenvalue weighted by Crippen LogP contribution is 2.29. The van der Waals surface area contributed by atoms with Crippen LogP contribution in [0.4, 0.5) is 11.5 Å². The molecule has 9 nitrogen and oxygen atoms in total. The minimum Gasteiger partial charge on any atom is -0.329 e. The van der Waals surface area contributed by atoms with Crippen molar-refractivity contribution in [3.05, 3.63) is 81.0 Å². The number of nitro groups is 1. The number of nitro benzene ring substituents is 1. The summed E-state index contributed by atoms with van der Waals surface area (Å²) in [6.07, 6.45) is 0. The van der Waals surface area contributed by atoms with Crippen molar-refractivity contribution in [3.8, 4) is 5.69 Å². The number of carbonyl (C=O) groups excluding carboxylic acids is 2. The van der Waals surface area contributed by atoms with Crippen molar-refractivity contribution in [1.29, 1.82) is 0 Å². The number of amides is 2. The highest BCUT2D eigenvalue weighted by atomic mass is 35.5. The molecule has 0 bridgehead atoms. The van der Waals surface area contributed by atoms with Crippen LogP contribution in [0.15, 0.2) is 54.6 Å². The molecule has 0 aliphatic carbocycles. The quantitative estimate of drug-likeness (QED) is 0.318. The summed E-state index contributed by atoms with van der Waals surface area (Å²) in [7, 11) is 0. The highest BCUT2D eigenvalue weighted by molar-refractivity contribution is 6.32. The molecule has 0 radical (unpaired) electrons. The lowest BCUT2D eigenvalue weighted by Gasteiger charge is -2.24. The number of anilines is 1. The number of rotatable bonds is 8.